The number of nitrogens with one attached hydrogen (secondary N) is 1. The topological polar surface area (TPSA) is 60.2 Å². The van der Waals surface area contributed by atoms with E-state index in [4.69, 9.17) is 9.26 Å². The molecule has 0 saturated carbocycles. The van der Waals surface area contributed by atoms with Crippen molar-refractivity contribution < 1.29 is 9.26 Å². The van der Waals surface area contributed by atoms with Crippen LogP contribution in [0.2, 0.25) is 0 Å². The van der Waals surface area contributed by atoms with Crippen LogP contribution in [-0.2, 0) is 4.74 Å². The molecule has 1 aromatic rings. The molecule has 1 aromatic heterocycles. The zero-order valence-corrected chi connectivity index (χ0v) is 12.3. The maximum absolute atomic E-state index is 5.47. The van der Waals surface area contributed by atoms with E-state index in [1.807, 2.05) is 6.92 Å². The standard InChI is InChI=1S/C13H25N3O2/c1-7-8-14-9(2)12-15-11(16-18-12)10(17-6)13(3,4)5/h9-10,14H,7-8H2,1-6H3. The van der Waals surface area contributed by atoms with Crippen molar-refractivity contribution in [1.29, 1.82) is 0 Å². The summed E-state index contributed by atoms with van der Waals surface area (Å²) in [5.74, 6) is 1.23. The summed E-state index contributed by atoms with van der Waals surface area (Å²) in [6.07, 6.45) is 0.918. The number of aromatic nitrogens is 2. The van der Waals surface area contributed by atoms with Gasteiger partial charge in [-0.3, -0.25) is 0 Å². The number of rotatable bonds is 6. The minimum Gasteiger partial charge on any atom is -0.373 e. The fourth-order valence-corrected chi connectivity index (χ4v) is 1.82. The van der Waals surface area contributed by atoms with E-state index < -0.39 is 0 Å². The maximum atomic E-state index is 5.47. The normalized spacial score (nSPS) is 15.7. The highest BCUT2D eigenvalue weighted by Crippen LogP contribution is 2.34. The van der Waals surface area contributed by atoms with Crippen molar-refractivity contribution >= 4 is 0 Å². The van der Waals surface area contributed by atoms with Gasteiger partial charge in [0.15, 0.2) is 0 Å². The molecule has 18 heavy (non-hydrogen) atoms. The van der Waals surface area contributed by atoms with Crippen molar-refractivity contribution in [2.24, 2.45) is 5.41 Å². The molecule has 0 aromatic carbocycles. The van der Waals surface area contributed by atoms with Crippen molar-refractivity contribution in [2.45, 2.75) is 53.2 Å². The van der Waals surface area contributed by atoms with Crippen LogP contribution in [0.15, 0.2) is 4.52 Å². The molecule has 1 heterocycles. The second-order valence-electron chi connectivity index (χ2n) is 5.65. The summed E-state index contributed by atoms with van der Waals surface area (Å²) in [7, 11) is 1.67. The largest absolute Gasteiger partial charge is 0.373 e. The van der Waals surface area contributed by atoms with Gasteiger partial charge in [0.25, 0.3) is 0 Å². The molecule has 0 aliphatic carbocycles. The summed E-state index contributed by atoms with van der Waals surface area (Å²) >= 11 is 0. The highest BCUT2D eigenvalue weighted by molar-refractivity contribution is 4.98. The lowest BCUT2D eigenvalue weighted by Crippen LogP contribution is -2.22. The Labute approximate surface area is 109 Å². The summed E-state index contributed by atoms with van der Waals surface area (Å²) in [4.78, 5) is 4.44. The second-order valence-corrected chi connectivity index (χ2v) is 5.65. The van der Waals surface area contributed by atoms with Crippen molar-refractivity contribution in [2.75, 3.05) is 13.7 Å². The molecule has 104 valence electrons. The van der Waals surface area contributed by atoms with E-state index >= 15 is 0 Å². The van der Waals surface area contributed by atoms with Gasteiger partial charge in [0.05, 0.1) is 6.04 Å². The highest BCUT2D eigenvalue weighted by atomic mass is 16.5. The van der Waals surface area contributed by atoms with Crippen LogP contribution >= 0.6 is 0 Å². The minimum atomic E-state index is -0.159. The molecule has 2 atom stereocenters. The van der Waals surface area contributed by atoms with Crippen molar-refractivity contribution in [3.63, 3.8) is 0 Å². The molecule has 1 N–H and O–H groups in total. The fraction of sp³-hybridized carbons (Fsp3) is 0.846. The average Bonchev–Trinajstić information content (AvgIpc) is 2.74. The second kappa shape index (κ2) is 6.29. The van der Waals surface area contributed by atoms with Gasteiger partial charge in [-0.15, -0.1) is 0 Å². The van der Waals surface area contributed by atoms with Crippen LogP contribution in [0, 0.1) is 5.41 Å². The Bertz CT molecular complexity index is 357. The van der Waals surface area contributed by atoms with Crippen molar-refractivity contribution in [3.05, 3.63) is 11.7 Å². The smallest absolute Gasteiger partial charge is 0.243 e. The van der Waals surface area contributed by atoms with Crippen LogP contribution in [0.4, 0.5) is 0 Å². The Kier molecular flexibility index (Phi) is 5.28. The third-order valence-corrected chi connectivity index (χ3v) is 2.79. The molecule has 0 spiro atoms. The van der Waals surface area contributed by atoms with Crippen LogP contribution in [-0.4, -0.2) is 23.8 Å². The number of hydrogen-bond acceptors (Lipinski definition) is 5. The monoisotopic (exact) mass is 255 g/mol. The number of ether oxygens (including phenoxy) is 1. The molecule has 0 radical (unpaired) electrons. The van der Waals surface area contributed by atoms with Crippen molar-refractivity contribution in [3.8, 4) is 0 Å². The third-order valence-electron chi connectivity index (χ3n) is 2.79. The summed E-state index contributed by atoms with van der Waals surface area (Å²) in [5, 5.41) is 7.35. The zero-order chi connectivity index (χ0) is 13.8. The van der Waals surface area contributed by atoms with Gasteiger partial charge in [-0.05, 0) is 25.3 Å². The van der Waals surface area contributed by atoms with Gasteiger partial charge in [-0.1, -0.05) is 32.9 Å². The molecule has 2 unspecified atom stereocenters. The molecule has 5 heteroatoms. The minimum absolute atomic E-state index is 0.0595. The van der Waals surface area contributed by atoms with Crippen LogP contribution in [0.25, 0.3) is 0 Å². The molecular formula is C13H25N3O2. The van der Waals surface area contributed by atoms with E-state index in [1.54, 1.807) is 7.11 Å². The summed E-state index contributed by atoms with van der Waals surface area (Å²) in [5.41, 5.74) is -0.0595. The Morgan fingerprint density at radius 1 is 1.39 bits per heavy atom. The molecule has 0 fully saturated rings. The van der Waals surface area contributed by atoms with Crippen LogP contribution in [0.3, 0.4) is 0 Å². The predicted octanol–water partition coefficient (Wildman–Crippen LogP) is 2.86. The quantitative estimate of drug-likeness (QED) is 0.847. The lowest BCUT2D eigenvalue weighted by molar-refractivity contribution is 0.00718. The molecule has 0 bridgehead atoms. The van der Waals surface area contributed by atoms with Gasteiger partial charge in [0.2, 0.25) is 11.7 Å². The zero-order valence-electron chi connectivity index (χ0n) is 12.3. The Morgan fingerprint density at radius 3 is 2.56 bits per heavy atom. The molecular weight excluding hydrogens is 230 g/mol. The maximum Gasteiger partial charge on any atom is 0.243 e. The number of methoxy groups -OCH3 is 1. The van der Waals surface area contributed by atoms with E-state index in [9.17, 15) is 0 Å². The van der Waals surface area contributed by atoms with E-state index in [-0.39, 0.29) is 17.6 Å². The summed E-state index contributed by atoms with van der Waals surface area (Å²) in [6.45, 7) is 11.4. The molecule has 1 rings (SSSR count). The van der Waals surface area contributed by atoms with E-state index in [0.717, 1.165) is 13.0 Å². The molecule has 0 amide bonds. The fourth-order valence-electron chi connectivity index (χ4n) is 1.82. The van der Waals surface area contributed by atoms with Gasteiger partial charge < -0.3 is 14.6 Å². The highest BCUT2D eigenvalue weighted by Gasteiger charge is 2.31. The van der Waals surface area contributed by atoms with E-state index in [1.165, 1.54) is 0 Å². The predicted molar refractivity (Wildman–Crippen MR) is 70.2 cm³/mol. The molecule has 0 saturated heterocycles. The number of nitrogens with zero attached hydrogens (tertiary/aromatic N) is 2. The number of hydrogen-bond donors (Lipinski definition) is 1. The first kappa shape index (κ1) is 15.1. The lowest BCUT2D eigenvalue weighted by Gasteiger charge is -2.26. The molecule has 0 aliphatic heterocycles. The molecule has 0 aliphatic rings. The van der Waals surface area contributed by atoms with Gasteiger partial charge in [-0.25, -0.2) is 0 Å². The van der Waals surface area contributed by atoms with Gasteiger partial charge >= 0.3 is 0 Å². The summed E-state index contributed by atoms with van der Waals surface area (Å²) in [6, 6.07) is 0.0728. The first-order chi connectivity index (χ1) is 8.40. The van der Waals surface area contributed by atoms with Crippen LogP contribution in [0.1, 0.15) is 64.9 Å². The third kappa shape index (κ3) is 3.78. The van der Waals surface area contributed by atoms with Gasteiger partial charge in [0, 0.05) is 7.11 Å². The summed E-state index contributed by atoms with van der Waals surface area (Å²) < 4.78 is 10.8. The van der Waals surface area contributed by atoms with E-state index in [0.29, 0.717) is 11.7 Å². The van der Waals surface area contributed by atoms with Gasteiger partial charge in [0.1, 0.15) is 6.10 Å². The SMILES string of the molecule is CCCNC(C)c1nc(C(OC)C(C)(C)C)no1. The first-order valence-corrected chi connectivity index (χ1v) is 6.49. The Morgan fingerprint density at radius 2 is 2.06 bits per heavy atom. The van der Waals surface area contributed by atoms with Crippen LogP contribution in [0.5, 0.6) is 0 Å². The van der Waals surface area contributed by atoms with E-state index in [2.05, 4.69) is 43.2 Å². The van der Waals surface area contributed by atoms with Crippen molar-refractivity contribution in [1.82, 2.24) is 15.5 Å². The van der Waals surface area contributed by atoms with Gasteiger partial charge in [-0.2, -0.15) is 4.98 Å². The van der Waals surface area contributed by atoms with Crippen LogP contribution < -0.4 is 5.32 Å². The average molecular weight is 255 g/mol. The Balaban J connectivity index is 2.78. The Hall–Kier alpha value is -0.940. The molecule has 5 nitrogen and oxygen atoms in total. The first-order valence-electron chi connectivity index (χ1n) is 6.49. The lowest BCUT2D eigenvalue weighted by atomic mass is 9.88.